The highest BCUT2D eigenvalue weighted by Gasteiger charge is 1.93. The number of aromatic nitrogens is 2. The van der Waals surface area contributed by atoms with Crippen molar-refractivity contribution in [1.29, 1.82) is 0 Å². The first-order valence-corrected chi connectivity index (χ1v) is 4.96. The molecule has 0 spiro atoms. The van der Waals surface area contributed by atoms with Gasteiger partial charge in [-0.05, 0) is 24.6 Å². The first kappa shape index (κ1) is 12.6. The number of nitrogens with zero attached hydrogens (tertiary/aromatic N) is 1. The number of primary amides is 1. The van der Waals surface area contributed by atoms with Gasteiger partial charge in [-0.2, -0.15) is 0 Å². The van der Waals surface area contributed by atoms with E-state index in [2.05, 4.69) is 9.97 Å². The Bertz CT molecular complexity index is 514. The number of hydrogen-bond donors (Lipinski definition) is 2. The fraction of sp³-hybridized carbons (Fsp3) is 0.0833. The molecule has 0 atom stereocenters. The molecule has 1 aromatic carbocycles. The molecule has 17 heavy (non-hydrogen) atoms. The number of hydrogen-bond acceptors (Lipinski definition) is 3. The molecule has 3 N–H and O–H groups in total. The molecule has 1 aromatic heterocycles. The highest BCUT2D eigenvalue weighted by molar-refractivity contribution is 5.92. The second kappa shape index (κ2) is 6.22. The highest BCUT2D eigenvalue weighted by atomic mass is 16.1. The molecular formula is C12H13N3O2. The molecular weight excluding hydrogens is 218 g/mol. The molecule has 0 saturated heterocycles. The van der Waals surface area contributed by atoms with Gasteiger partial charge >= 0.3 is 5.69 Å². The predicted octanol–water partition coefficient (Wildman–Crippen LogP) is 0.864. The normalized spacial score (nSPS) is 9.00. The third kappa shape index (κ3) is 4.74. The first-order chi connectivity index (χ1) is 8.09. The maximum absolute atomic E-state index is 10.4. The smallest absolute Gasteiger partial charge is 0.344 e. The van der Waals surface area contributed by atoms with Crippen molar-refractivity contribution in [2.75, 3.05) is 0 Å². The summed E-state index contributed by atoms with van der Waals surface area (Å²) in [6.45, 7) is 1.86. The number of carbonyl (C=O) groups is 1. The van der Waals surface area contributed by atoms with E-state index >= 15 is 0 Å². The fourth-order valence-corrected chi connectivity index (χ4v) is 1.01. The number of rotatable bonds is 1. The van der Waals surface area contributed by atoms with Crippen molar-refractivity contribution in [2.24, 2.45) is 5.73 Å². The van der Waals surface area contributed by atoms with E-state index < -0.39 is 0 Å². The Morgan fingerprint density at radius 3 is 2.29 bits per heavy atom. The first-order valence-electron chi connectivity index (χ1n) is 4.96. The van der Waals surface area contributed by atoms with Crippen LogP contribution in [0, 0.1) is 6.92 Å². The zero-order valence-corrected chi connectivity index (χ0v) is 9.38. The molecule has 5 heteroatoms. The van der Waals surface area contributed by atoms with Crippen LogP contribution in [0.15, 0.2) is 47.5 Å². The van der Waals surface area contributed by atoms with Gasteiger partial charge in [0.05, 0.1) is 0 Å². The summed E-state index contributed by atoms with van der Waals surface area (Å²) in [4.78, 5) is 26.6. The summed E-state index contributed by atoms with van der Waals surface area (Å²) in [5.41, 5.74) is 6.19. The lowest BCUT2D eigenvalue weighted by Crippen LogP contribution is -2.09. The van der Waals surface area contributed by atoms with Gasteiger partial charge in [-0.1, -0.05) is 18.2 Å². The summed E-state index contributed by atoms with van der Waals surface area (Å²) in [7, 11) is 0. The molecule has 88 valence electrons. The van der Waals surface area contributed by atoms with E-state index in [1.165, 1.54) is 6.20 Å². The highest BCUT2D eigenvalue weighted by Crippen LogP contribution is 1.94. The summed E-state index contributed by atoms with van der Waals surface area (Å²) < 4.78 is 0. The van der Waals surface area contributed by atoms with E-state index in [9.17, 15) is 9.59 Å². The van der Waals surface area contributed by atoms with E-state index in [1.807, 2.05) is 13.0 Å². The van der Waals surface area contributed by atoms with Crippen molar-refractivity contribution >= 4 is 5.91 Å². The average Bonchev–Trinajstić information content (AvgIpc) is 2.35. The fourth-order valence-electron chi connectivity index (χ4n) is 1.01. The number of nitrogens with one attached hydrogen (secondary N) is 1. The van der Waals surface area contributed by atoms with Crippen molar-refractivity contribution in [3.05, 3.63) is 64.3 Å². The topological polar surface area (TPSA) is 88.8 Å². The summed E-state index contributed by atoms with van der Waals surface area (Å²) in [6.07, 6.45) is 3.15. The predicted molar refractivity (Wildman–Crippen MR) is 64.6 cm³/mol. The summed E-state index contributed by atoms with van der Waals surface area (Å²) in [5.74, 6) is -0.379. The number of carbonyl (C=O) groups excluding carboxylic acids is 1. The Morgan fingerprint density at radius 2 is 1.94 bits per heavy atom. The van der Waals surface area contributed by atoms with Gasteiger partial charge in [0.1, 0.15) is 0 Å². The van der Waals surface area contributed by atoms with Gasteiger partial charge in [0, 0.05) is 18.0 Å². The lowest BCUT2D eigenvalue weighted by molar-refractivity contribution is 0.100. The Balaban J connectivity index is 0.000000171. The molecule has 0 radical (unpaired) electrons. The Kier molecular flexibility index (Phi) is 4.62. The van der Waals surface area contributed by atoms with Crippen LogP contribution in [0.4, 0.5) is 0 Å². The Hall–Kier alpha value is -2.43. The van der Waals surface area contributed by atoms with E-state index in [0.717, 1.165) is 5.56 Å². The van der Waals surface area contributed by atoms with Gasteiger partial charge in [-0.3, -0.25) is 4.79 Å². The van der Waals surface area contributed by atoms with Gasteiger partial charge in [0.15, 0.2) is 0 Å². The van der Waals surface area contributed by atoms with Crippen molar-refractivity contribution in [2.45, 2.75) is 6.92 Å². The molecule has 0 aliphatic rings. The minimum atomic E-state index is -0.379. The van der Waals surface area contributed by atoms with Gasteiger partial charge in [-0.25, -0.2) is 9.78 Å². The van der Waals surface area contributed by atoms with Gasteiger partial charge in [0.2, 0.25) is 5.91 Å². The van der Waals surface area contributed by atoms with Crippen LogP contribution in [0.3, 0.4) is 0 Å². The van der Waals surface area contributed by atoms with Crippen LogP contribution in [-0.4, -0.2) is 15.9 Å². The number of aryl methyl sites for hydroxylation is 1. The number of benzene rings is 1. The molecule has 0 aliphatic heterocycles. The van der Waals surface area contributed by atoms with Crippen LogP contribution < -0.4 is 11.4 Å². The molecule has 0 bridgehead atoms. The lowest BCUT2D eigenvalue weighted by Gasteiger charge is -1.89. The molecule has 0 aliphatic carbocycles. The second-order valence-electron chi connectivity index (χ2n) is 3.33. The van der Waals surface area contributed by atoms with E-state index in [-0.39, 0.29) is 11.6 Å². The lowest BCUT2D eigenvalue weighted by atomic mass is 10.2. The quantitative estimate of drug-likeness (QED) is 0.763. The van der Waals surface area contributed by atoms with Crippen molar-refractivity contribution in [1.82, 2.24) is 9.97 Å². The zero-order chi connectivity index (χ0) is 12.7. The van der Waals surface area contributed by atoms with E-state index in [4.69, 9.17) is 5.73 Å². The summed E-state index contributed by atoms with van der Waals surface area (Å²) >= 11 is 0. The zero-order valence-electron chi connectivity index (χ0n) is 9.38. The minimum Gasteiger partial charge on any atom is -0.366 e. The van der Waals surface area contributed by atoms with Crippen LogP contribution >= 0.6 is 0 Å². The van der Waals surface area contributed by atoms with Crippen molar-refractivity contribution in [3.8, 4) is 0 Å². The summed E-state index contributed by atoms with van der Waals surface area (Å²) in [5, 5.41) is 0. The van der Waals surface area contributed by atoms with Crippen LogP contribution in [0.1, 0.15) is 15.9 Å². The Morgan fingerprint density at radius 1 is 1.29 bits per heavy atom. The average molecular weight is 231 g/mol. The van der Waals surface area contributed by atoms with E-state index in [1.54, 1.807) is 30.5 Å². The van der Waals surface area contributed by atoms with E-state index in [0.29, 0.717) is 5.56 Å². The maximum Gasteiger partial charge on any atom is 0.344 e. The second-order valence-corrected chi connectivity index (χ2v) is 3.33. The third-order valence-electron chi connectivity index (χ3n) is 1.87. The van der Waals surface area contributed by atoms with Crippen LogP contribution in [-0.2, 0) is 0 Å². The van der Waals surface area contributed by atoms with Crippen molar-refractivity contribution in [3.63, 3.8) is 0 Å². The van der Waals surface area contributed by atoms with Gasteiger partial charge in [0.25, 0.3) is 0 Å². The molecule has 0 saturated carbocycles. The van der Waals surface area contributed by atoms with Crippen molar-refractivity contribution < 1.29 is 4.79 Å². The molecule has 2 rings (SSSR count). The van der Waals surface area contributed by atoms with Crippen LogP contribution in [0.25, 0.3) is 0 Å². The Labute approximate surface area is 98.3 Å². The summed E-state index contributed by atoms with van der Waals surface area (Å²) in [6, 6.07) is 8.76. The largest absolute Gasteiger partial charge is 0.366 e. The standard InChI is InChI=1S/C7H7NO.C5H6N2O/c8-7(9)6-4-2-1-3-5-6;1-4-2-6-5(8)7-3-4/h1-5H,(H2,8,9);2-3H,1H3,(H,6,7,8). The maximum atomic E-state index is 10.4. The molecule has 0 fully saturated rings. The van der Waals surface area contributed by atoms with Gasteiger partial charge in [-0.15, -0.1) is 0 Å². The molecule has 5 nitrogen and oxygen atoms in total. The molecule has 1 amide bonds. The van der Waals surface area contributed by atoms with Crippen LogP contribution in [0.2, 0.25) is 0 Å². The van der Waals surface area contributed by atoms with Crippen LogP contribution in [0.5, 0.6) is 0 Å². The molecule has 0 unspecified atom stereocenters. The number of amides is 1. The number of aromatic amines is 1. The molecule has 2 aromatic rings. The monoisotopic (exact) mass is 231 g/mol. The third-order valence-corrected chi connectivity index (χ3v) is 1.87. The minimum absolute atomic E-state index is 0.296. The van der Waals surface area contributed by atoms with Gasteiger partial charge < -0.3 is 10.7 Å². The number of nitrogens with two attached hydrogens (primary N) is 1. The SMILES string of the molecule is Cc1cnc(=O)[nH]c1.NC(=O)c1ccccc1. The molecule has 1 heterocycles. The number of H-pyrrole nitrogens is 1.